The van der Waals surface area contributed by atoms with Crippen LogP contribution in [0.5, 0.6) is 0 Å². The highest BCUT2D eigenvalue weighted by atomic mass is 16.5. The summed E-state index contributed by atoms with van der Waals surface area (Å²) < 4.78 is 5.25. The number of ether oxygens (including phenoxy) is 1. The number of methoxy groups -OCH3 is 1. The lowest BCUT2D eigenvalue weighted by molar-refractivity contribution is -0.161. The van der Waals surface area contributed by atoms with E-state index in [1.807, 2.05) is 18.2 Å². The SMILES string of the molecule is CC[C@@](C)(C(=O)O)N(C)C(=O)C(OC)c1ccccc1. The third-order valence-electron chi connectivity index (χ3n) is 3.78. The average Bonchev–Trinajstić information content (AvgIpc) is 2.47. The maximum Gasteiger partial charge on any atom is 0.329 e. The lowest BCUT2D eigenvalue weighted by Crippen LogP contribution is -2.54. The van der Waals surface area contributed by atoms with Crippen LogP contribution in [0.4, 0.5) is 0 Å². The molecule has 0 aliphatic heterocycles. The van der Waals surface area contributed by atoms with Gasteiger partial charge < -0.3 is 14.7 Å². The summed E-state index contributed by atoms with van der Waals surface area (Å²) in [5.74, 6) is -1.40. The van der Waals surface area contributed by atoms with Crippen molar-refractivity contribution >= 4 is 11.9 Å². The van der Waals surface area contributed by atoms with E-state index in [1.54, 1.807) is 19.1 Å². The normalized spacial score (nSPS) is 15.2. The quantitative estimate of drug-likeness (QED) is 0.865. The molecule has 1 aromatic rings. The molecule has 0 spiro atoms. The average molecular weight is 279 g/mol. The van der Waals surface area contributed by atoms with E-state index in [0.717, 1.165) is 0 Å². The van der Waals surface area contributed by atoms with Gasteiger partial charge in [0.25, 0.3) is 5.91 Å². The third kappa shape index (κ3) is 2.99. The minimum absolute atomic E-state index is 0.315. The van der Waals surface area contributed by atoms with Crippen LogP contribution >= 0.6 is 0 Å². The number of benzene rings is 1. The van der Waals surface area contributed by atoms with Gasteiger partial charge in [-0.2, -0.15) is 0 Å². The Balaban J connectivity index is 3.06. The summed E-state index contributed by atoms with van der Waals surface area (Å²) in [6.07, 6.45) is -0.484. The fourth-order valence-electron chi connectivity index (χ4n) is 1.96. The summed E-state index contributed by atoms with van der Waals surface area (Å²) in [4.78, 5) is 25.2. The number of hydrogen-bond acceptors (Lipinski definition) is 3. The molecule has 5 heteroatoms. The molecule has 1 unspecified atom stereocenters. The van der Waals surface area contributed by atoms with E-state index in [1.165, 1.54) is 26.0 Å². The summed E-state index contributed by atoms with van der Waals surface area (Å²) in [6.45, 7) is 3.27. The van der Waals surface area contributed by atoms with Crippen LogP contribution < -0.4 is 0 Å². The predicted molar refractivity (Wildman–Crippen MR) is 75.3 cm³/mol. The Morgan fingerprint density at radius 3 is 2.30 bits per heavy atom. The number of carboxylic acid groups (broad SMARTS) is 1. The molecule has 0 fully saturated rings. The van der Waals surface area contributed by atoms with Gasteiger partial charge in [0.2, 0.25) is 0 Å². The summed E-state index contributed by atoms with van der Waals surface area (Å²) in [7, 11) is 2.93. The lowest BCUT2D eigenvalue weighted by atomic mass is 9.95. The number of amides is 1. The molecule has 0 saturated heterocycles. The maximum atomic E-state index is 12.5. The molecule has 110 valence electrons. The number of hydrogen-bond donors (Lipinski definition) is 1. The Labute approximate surface area is 119 Å². The van der Waals surface area contributed by atoms with Crippen LogP contribution in [0.2, 0.25) is 0 Å². The Morgan fingerprint density at radius 2 is 1.90 bits per heavy atom. The first-order chi connectivity index (χ1) is 9.38. The first-order valence-corrected chi connectivity index (χ1v) is 6.47. The van der Waals surface area contributed by atoms with Crippen LogP contribution in [0.1, 0.15) is 31.9 Å². The maximum absolute atomic E-state index is 12.5. The molecular weight excluding hydrogens is 258 g/mol. The van der Waals surface area contributed by atoms with Gasteiger partial charge >= 0.3 is 5.97 Å². The number of rotatable bonds is 6. The molecule has 1 aromatic carbocycles. The van der Waals surface area contributed by atoms with Gasteiger partial charge in [-0.15, -0.1) is 0 Å². The number of carboxylic acids is 1. The number of carbonyl (C=O) groups excluding carboxylic acids is 1. The van der Waals surface area contributed by atoms with Crippen LogP contribution in [-0.2, 0) is 14.3 Å². The zero-order valence-corrected chi connectivity index (χ0v) is 12.3. The van der Waals surface area contributed by atoms with Crippen molar-refractivity contribution in [1.82, 2.24) is 4.90 Å². The molecule has 0 bridgehead atoms. The van der Waals surface area contributed by atoms with Crippen molar-refractivity contribution in [2.45, 2.75) is 31.9 Å². The van der Waals surface area contributed by atoms with Gasteiger partial charge in [-0.05, 0) is 18.9 Å². The molecule has 1 N–H and O–H groups in total. The summed E-state index contributed by atoms with van der Waals surface area (Å²) in [5.41, 5.74) is -0.543. The van der Waals surface area contributed by atoms with Crippen LogP contribution in [0.15, 0.2) is 30.3 Å². The molecule has 5 nitrogen and oxygen atoms in total. The van der Waals surface area contributed by atoms with E-state index in [4.69, 9.17) is 4.74 Å². The van der Waals surface area contributed by atoms with Crippen molar-refractivity contribution in [1.29, 1.82) is 0 Å². The molecule has 2 atom stereocenters. The highest BCUT2D eigenvalue weighted by Crippen LogP contribution is 2.25. The van der Waals surface area contributed by atoms with Crippen molar-refractivity contribution in [2.24, 2.45) is 0 Å². The minimum atomic E-state index is -1.25. The van der Waals surface area contributed by atoms with Gasteiger partial charge in [0.05, 0.1) is 0 Å². The Hall–Kier alpha value is -1.88. The number of aliphatic carboxylic acids is 1. The lowest BCUT2D eigenvalue weighted by Gasteiger charge is -2.36. The molecule has 20 heavy (non-hydrogen) atoms. The van der Waals surface area contributed by atoms with Crippen molar-refractivity contribution in [3.63, 3.8) is 0 Å². The van der Waals surface area contributed by atoms with Crippen molar-refractivity contribution in [3.05, 3.63) is 35.9 Å². The fraction of sp³-hybridized carbons (Fsp3) is 0.467. The topological polar surface area (TPSA) is 66.8 Å². The van der Waals surface area contributed by atoms with Crippen LogP contribution in [-0.4, -0.2) is 41.6 Å². The Morgan fingerprint density at radius 1 is 1.35 bits per heavy atom. The van der Waals surface area contributed by atoms with E-state index < -0.39 is 17.6 Å². The number of carbonyl (C=O) groups is 2. The van der Waals surface area contributed by atoms with Crippen molar-refractivity contribution in [2.75, 3.05) is 14.2 Å². The monoisotopic (exact) mass is 279 g/mol. The summed E-state index contributed by atoms with van der Waals surface area (Å²) in [5, 5.41) is 9.34. The van der Waals surface area contributed by atoms with Gasteiger partial charge in [-0.1, -0.05) is 37.3 Å². The van der Waals surface area contributed by atoms with Crippen LogP contribution in [0, 0.1) is 0 Å². The van der Waals surface area contributed by atoms with E-state index in [2.05, 4.69) is 0 Å². The zero-order valence-electron chi connectivity index (χ0n) is 12.3. The number of nitrogens with zero attached hydrogens (tertiary/aromatic N) is 1. The number of likely N-dealkylation sites (N-methyl/N-ethyl adjacent to an activating group) is 1. The molecule has 1 amide bonds. The van der Waals surface area contributed by atoms with Crippen molar-refractivity contribution < 1.29 is 19.4 Å². The standard InChI is InChI=1S/C15H21NO4/c1-5-15(2,14(18)19)16(3)13(17)12(20-4)11-9-7-6-8-10-11/h6-10,12H,5H2,1-4H3,(H,18,19)/t12?,15-/m0/s1. The second kappa shape index (κ2) is 6.52. The molecule has 1 rings (SSSR count). The summed E-state index contributed by atoms with van der Waals surface area (Å²) >= 11 is 0. The molecule has 0 aromatic heterocycles. The van der Waals surface area contributed by atoms with Gasteiger partial charge in [0.15, 0.2) is 6.10 Å². The van der Waals surface area contributed by atoms with Gasteiger partial charge in [-0.3, -0.25) is 4.79 Å². The zero-order chi connectivity index (χ0) is 15.3. The van der Waals surface area contributed by atoms with E-state index >= 15 is 0 Å². The Kier molecular flexibility index (Phi) is 5.27. The molecule has 0 heterocycles. The fourth-order valence-corrected chi connectivity index (χ4v) is 1.96. The molecule has 0 aliphatic rings. The minimum Gasteiger partial charge on any atom is -0.480 e. The molecule has 0 aliphatic carbocycles. The second-order valence-corrected chi connectivity index (χ2v) is 4.86. The third-order valence-corrected chi connectivity index (χ3v) is 3.78. The predicted octanol–water partition coefficient (Wildman–Crippen LogP) is 2.09. The first-order valence-electron chi connectivity index (χ1n) is 6.47. The molecule has 0 saturated carbocycles. The largest absolute Gasteiger partial charge is 0.480 e. The Bertz CT molecular complexity index is 474. The summed E-state index contributed by atoms with van der Waals surface area (Å²) in [6, 6.07) is 9.03. The van der Waals surface area contributed by atoms with Crippen LogP contribution in [0.3, 0.4) is 0 Å². The van der Waals surface area contributed by atoms with Crippen LogP contribution in [0.25, 0.3) is 0 Å². The van der Waals surface area contributed by atoms with Gasteiger partial charge in [0, 0.05) is 14.2 Å². The smallest absolute Gasteiger partial charge is 0.329 e. The van der Waals surface area contributed by atoms with E-state index in [-0.39, 0.29) is 5.91 Å². The second-order valence-electron chi connectivity index (χ2n) is 4.86. The van der Waals surface area contributed by atoms with Crippen molar-refractivity contribution in [3.8, 4) is 0 Å². The highest BCUT2D eigenvalue weighted by Gasteiger charge is 2.41. The van der Waals surface area contributed by atoms with Gasteiger partial charge in [-0.25, -0.2) is 4.79 Å². The molecular formula is C15H21NO4. The molecule has 0 radical (unpaired) electrons. The van der Waals surface area contributed by atoms with E-state index in [0.29, 0.717) is 12.0 Å². The highest BCUT2D eigenvalue weighted by molar-refractivity contribution is 5.89. The first kappa shape index (κ1) is 16.2. The van der Waals surface area contributed by atoms with E-state index in [9.17, 15) is 14.7 Å². The van der Waals surface area contributed by atoms with Gasteiger partial charge in [0.1, 0.15) is 5.54 Å².